The van der Waals surface area contributed by atoms with Gasteiger partial charge in [0.1, 0.15) is 5.82 Å². The van der Waals surface area contributed by atoms with Crippen LogP contribution in [0.2, 0.25) is 0 Å². The molecule has 0 radical (unpaired) electrons. The number of amides is 2. The van der Waals surface area contributed by atoms with Gasteiger partial charge in [0.05, 0.1) is 21.6 Å². The summed E-state index contributed by atoms with van der Waals surface area (Å²) in [5.41, 5.74) is 7.77. The predicted octanol–water partition coefficient (Wildman–Crippen LogP) is 4.45. The summed E-state index contributed by atoms with van der Waals surface area (Å²) in [6.07, 6.45) is 3.78. The van der Waals surface area contributed by atoms with Crippen molar-refractivity contribution < 1.29 is 13.2 Å². The lowest BCUT2D eigenvalue weighted by atomic mass is 9.85. The van der Waals surface area contributed by atoms with Gasteiger partial charge in [0.2, 0.25) is 0 Å². The van der Waals surface area contributed by atoms with E-state index in [1.165, 1.54) is 54.9 Å². The van der Waals surface area contributed by atoms with Crippen LogP contribution in [0, 0.1) is 5.92 Å². The second-order valence-electron chi connectivity index (χ2n) is 9.75. The molecule has 1 aromatic heterocycles. The number of nitrogens with one attached hydrogen (secondary N) is 1. The highest BCUT2D eigenvalue weighted by molar-refractivity contribution is 7.92. The molecule has 0 bridgehead atoms. The highest BCUT2D eigenvalue weighted by Crippen LogP contribution is 2.34. The number of nitrogens with two attached hydrogens (primary N) is 1. The number of sulfonamides is 1. The molecule has 1 aliphatic rings. The van der Waals surface area contributed by atoms with Crippen LogP contribution in [0.1, 0.15) is 45.9 Å². The Morgan fingerprint density at radius 1 is 1.18 bits per heavy atom. The Balaban J connectivity index is 1.68. The van der Waals surface area contributed by atoms with Gasteiger partial charge in [0.15, 0.2) is 0 Å². The van der Waals surface area contributed by atoms with Gasteiger partial charge in [0.25, 0.3) is 10.0 Å². The van der Waals surface area contributed by atoms with E-state index in [-0.39, 0.29) is 10.3 Å². The number of fused-ring (bicyclic) bond motifs is 1. The van der Waals surface area contributed by atoms with E-state index in [4.69, 9.17) is 10.7 Å². The fraction of sp³-hybridized carbons (Fsp3) is 0.417. The van der Waals surface area contributed by atoms with E-state index >= 15 is 0 Å². The highest BCUT2D eigenvalue weighted by atomic mass is 32.2. The molecule has 33 heavy (non-hydrogen) atoms. The Morgan fingerprint density at radius 2 is 1.85 bits per heavy atom. The van der Waals surface area contributed by atoms with Crippen LogP contribution < -0.4 is 15.4 Å². The number of primary amides is 1. The molecule has 2 amide bonds. The molecule has 0 spiro atoms. The van der Waals surface area contributed by atoms with E-state index < -0.39 is 16.1 Å². The van der Waals surface area contributed by atoms with Crippen LogP contribution in [0.25, 0.3) is 11.0 Å². The van der Waals surface area contributed by atoms with Gasteiger partial charge in [-0.1, -0.05) is 27.2 Å². The van der Waals surface area contributed by atoms with E-state index in [2.05, 4.69) is 30.7 Å². The molecule has 176 valence electrons. The normalized spacial score (nSPS) is 14.8. The number of nitrogens with zero attached hydrogens (tertiary/aromatic N) is 3. The zero-order valence-electron chi connectivity index (χ0n) is 19.5. The minimum Gasteiger partial charge on any atom is -0.351 e. The first kappa shape index (κ1) is 23.1. The smallest absolute Gasteiger partial charge is 0.316 e. The molecular formula is C24H31N5O3S. The van der Waals surface area contributed by atoms with E-state index in [1.54, 1.807) is 0 Å². The third kappa shape index (κ3) is 4.55. The third-order valence-corrected chi connectivity index (χ3v) is 8.01. The minimum absolute atomic E-state index is 0.117. The summed E-state index contributed by atoms with van der Waals surface area (Å²) in [7, 11) is -2.27. The van der Waals surface area contributed by atoms with Crippen molar-refractivity contribution in [2.45, 2.75) is 56.9 Å². The maximum absolute atomic E-state index is 13.2. The summed E-state index contributed by atoms with van der Waals surface area (Å²) < 4.78 is 30.0. The van der Waals surface area contributed by atoms with Crippen molar-refractivity contribution in [1.29, 1.82) is 0 Å². The number of carbonyl (C=O) groups is 1. The lowest BCUT2D eigenvalue weighted by Gasteiger charge is -2.29. The molecule has 1 aliphatic carbocycles. The monoisotopic (exact) mass is 469 g/mol. The summed E-state index contributed by atoms with van der Waals surface area (Å²) in [4.78, 5) is 16.0. The van der Waals surface area contributed by atoms with Gasteiger partial charge in [0, 0.05) is 24.7 Å². The van der Waals surface area contributed by atoms with Crippen LogP contribution in [0.3, 0.4) is 0 Å². The third-order valence-electron chi connectivity index (χ3n) is 6.21. The highest BCUT2D eigenvalue weighted by Gasteiger charge is 2.28. The van der Waals surface area contributed by atoms with Gasteiger partial charge in [-0.25, -0.2) is 18.2 Å². The van der Waals surface area contributed by atoms with Crippen molar-refractivity contribution in [2.24, 2.45) is 11.7 Å². The van der Waals surface area contributed by atoms with Gasteiger partial charge < -0.3 is 15.6 Å². The number of benzene rings is 2. The second-order valence-corrected chi connectivity index (χ2v) is 11.7. The van der Waals surface area contributed by atoms with Gasteiger partial charge in [-0.05, 0) is 61.2 Å². The van der Waals surface area contributed by atoms with Gasteiger partial charge in [-0.15, -0.1) is 0 Å². The van der Waals surface area contributed by atoms with E-state index in [9.17, 15) is 13.2 Å². The Hall–Kier alpha value is -3.07. The van der Waals surface area contributed by atoms with Crippen molar-refractivity contribution in [3.63, 3.8) is 0 Å². The molecule has 8 nitrogen and oxygen atoms in total. The largest absolute Gasteiger partial charge is 0.351 e. The average Bonchev–Trinajstić information content (AvgIpc) is 3.08. The van der Waals surface area contributed by atoms with Crippen LogP contribution in [0.5, 0.6) is 0 Å². The van der Waals surface area contributed by atoms with Crippen LogP contribution >= 0.6 is 0 Å². The first-order valence-electron chi connectivity index (χ1n) is 11.1. The minimum atomic E-state index is -3.80. The first-order valence-corrected chi connectivity index (χ1v) is 12.6. The molecule has 0 saturated heterocycles. The molecule has 0 atom stereocenters. The SMILES string of the molecule is CN(c1ccc2c(c1)nc(C(C)(C)C)n2CC1CCC1)S(=O)(=O)c1ccc(NC(N)=O)cc1. The predicted molar refractivity (Wildman–Crippen MR) is 131 cm³/mol. The summed E-state index contributed by atoms with van der Waals surface area (Å²) in [5.74, 6) is 1.70. The molecule has 3 aromatic rings. The Labute approximate surface area is 194 Å². The van der Waals surface area contributed by atoms with Crippen LogP contribution in [-0.2, 0) is 22.0 Å². The number of carbonyl (C=O) groups excluding carboxylic acids is 1. The maximum Gasteiger partial charge on any atom is 0.316 e. The van der Waals surface area contributed by atoms with E-state index in [0.29, 0.717) is 17.3 Å². The Kier molecular flexibility index (Phi) is 5.86. The van der Waals surface area contributed by atoms with E-state index in [1.807, 2.05) is 18.2 Å². The number of hydrogen-bond acceptors (Lipinski definition) is 4. The number of hydrogen-bond donors (Lipinski definition) is 2. The van der Waals surface area contributed by atoms with Crippen molar-refractivity contribution >= 4 is 38.5 Å². The number of anilines is 2. The molecule has 0 unspecified atom stereocenters. The summed E-state index contributed by atoms with van der Waals surface area (Å²) in [6.45, 7) is 7.40. The van der Waals surface area contributed by atoms with Crippen molar-refractivity contribution in [1.82, 2.24) is 9.55 Å². The van der Waals surface area contributed by atoms with E-state index in [0.717, 1.165) is 23.4 Å². The molecular weight excluding hydrogens is 438 g/mol. The summed E-state index contributed by atoms with van der Waals surface area (Å²) in [5, 5.41) is 2.43. The molecule has 3 N–H and O–H groups in total. The lowest BCUT2D eigenvalue weighted by Crippen LogP contribution is -2.26. The zero-order chi connectivity index (χ0) is 24.0. The molecule has 0 aliphatic heterocycles. The molecule has 1 fully saturated rings. The molecule has 1 heterocycles. The molecule has 1 saturated carbocycles. The number of imidazole rings is 1. The zero-order valence-corrected chi connectivity index (χ0v) is 20.3. The van der Waals surface area contributed by atoms with Gasteiger partial charge >= 0.3 is 6.03 Å². The van der Waals surface area contributed by atoms with Crippen LogP contribution in [0.15, 0.2) is 47.4 Å². The van der Waals surface area contributed by atoms with Crippen LogP contribution in [0.4, 0.5) is 16.2 Å². The Morgan fingerprint density at radius 3 is 2.39 bits per heavy atom. The lowest BCUT2D eigenvalue weighted by molar-refractivity contribution is 0.259. The quantitative estimate of drug-likeness (QED) is 0.556. The standard InChI is InChI=1S/C24H31N5O3S/c1-24(2,3)22-27-20-14-18(10-13-21(20)29(22)15-16-6-5-7-16)28(4)33(31,32)19-11-8-17(9-12-19)26-23(25)30/h8-14,16H,5-7,15H2,1-4H3,(H3,25,26,30). The van der Waals surface area contributed by atoms with Gasteiger partial charge in [-0.2, -0.15) is 0 Å². The fourth-order valence-corrected chi connectivity index (χ4v) is 5.34. The topological polar surface area (TPSA) is 110 Å². The molecule has 9 heteroatoms. The second kappa shape index (κ2) is 8.37. The number of aromatic nitrogens is 2. The average molecular weight is 470 g/mol. The van der Waals surface area contributed by atoms with Gasteiger partial charge in [-0.3, -0.25) is 4.31 Å². The number of urea groups is 1. The van der Waals surface area contributed by atoms with Crippen molar-refractivity contribution in [3.8, 4) is 0 Å². The van der Waals surface area contributed by atoms with Crippen molar-refractivity contribution in [3.05, 3.63) is 48.3 Å². The number of rotatable bonds is 6. The maximum atomic E-state index is 13.2. The summed E-state index contributed by atoms with van der Waals surface area (Å²) >= 11 is 0. The molecule has 4 rings (SSSR count). The fourth-order valence-electron chi connectivity index (χ4n) is 4.15. The van der Waals surface area contributed by atoms with Crippen molar-refractivity contribution in [2.75, 3.05) is 16.7 Å². The summed E-state index contributed by atoms with van der Waals surface area (Å²) in [6, 6.07) is 10.8. The molecule has 2 aromatic carbocycles. The first-order chi connectivity index (χ1) is 15.5. The van der Waals surface area contributed by atoms with Crippen LogP contribution in [-0.4, -0.2) is 31.0 Å². The Bertz CT molecular complexity index is 1290.